The number of carboxylic acid groups (broad SMARTS) is 1. The van der Waals surface area contributed by atoms with Gasteiger partial charge in [-0.15, -0.1) is 0 Å². The second-order valence-electron chi connectivity index (χ2n) is 7.74. The lowest BCUT2D eigenvalue weighted by atomic mass is 10.1. The Hall–Kier alpha value is -3.33. The molecule has 4 N–H and O–H groups in total. The fraction of sp³-hybridized carbons (Fsp3) is 0.200. The van der Waals surface area contributed by atoms with E-state index in [4.69, 9.17) is 43.5 Å². The van der Waals surface area contributed by atoms with E-state index in [1.807, 2.05) is 0 Å². The average molecular weight is 521 g/mol. The minimum absolute atomic E-state index is 0.000394. The first-order valence-electron chi connectivity index (χ1n) is 10.5. The Balaban J connectivity index is 1.79. The summed E-state index contributed by atoms with van der Waals surface area (Å²) in [6.07, 6.45) is 0.0508. The van der Waals surface area contributed by atoms with Crippen molar-refractivity contribution in [2.24, 2.45) is 5.73 Å². The minimum Gasteiger partial charge on any atom is -0.488 e. The number of hydrogen-bond donors (Lipinski definition) is 3. The van der Waals surface area contributed by atoms with Crippen LogP contribution in [0.1, 0.15) is 23.6 Å². The van der Waals surface area contributed by atoms with Gasteiger partial charge in [0, 0.05) is 18.2 Å². The molecule has 0 spiro atoms. The monoisotopic (exact) mass is 520 g/mol. The van der Waals surface area contributed by atoms with Crippen molar-refractivity contribution in [2.75, 3.05) is 5.32 Å². The number of carboxylic acids is 1. The Morgan fingerprint density at radius 1 is 1.00 bits per heavy atom. The van der Waals surface area contributed by atoms with Gasteiger partial charge in [-0.3, -0.25) is 9.59 Å². The molecule has 0 radical (unpaired) electrons. The summed E-state index contributed by atoms with van der Waals surface area (Å²) >= 11 is 12.7. The molecular weight excluding hydrogens is 498 g/mol. The maximum atomic E-state index is 13.2. The van der Waals surface area contributed by atoms with Crippen LogP contribution >= 0.6 is 23.2 Å². The predicted octanol–water partition coefficient (Wildman–Crippen LogP) is 5.20. The van der Waals surface area contributed by atoms with Crippen LogP contribution in [0.4, 0.5) is 10.1 Å². The van der Waals surface area contributed by atoms with Crippen LogP contribution in [0.25, 0.3) is 0 Å². The van der Waals surface area contributed by atoms with E-state index >= 15 is 0 Å². The van der Waals surface area contributed by atoms with Crippen LogP contribution in [0.5, 0.6) is 11.5 Å². The maximum Gasteiger partial charge on any atom is 0.320 e. The van der Waals surface area contributed by atoms with Gasteiger partial charge in [0.1, 0.15) is 30.8 Å². The van der Waals surface area contributed by atoms with Crippen molar-refractivity contribution in [3.8, 4) is 11.5 Å². The number of ether oxygens (including phenoxy) is 2. The molecule has 3 aromatic rings. The van der Waals surface area contributed by atoms with Crippen LogP contribution in [0.3, 0.4) is 0 Å². The van der Waals surface area contributed by atoms with Crippen molar-refractivity contribution in [3.63, 3.8) is 0 Å². The van der Waals surface area contributed by atoms with E-state index in [0.29, 0.717) is 22.6 Å². The molecule has 0 fully saturated rings. The molecule has 0 aromatic heterocycles. The van der Waals surface area contributed by atoms with Crippen LogP contribution in [0.2, 0.25) is 10.0 Å². The molecule has 7 nitrogen and oxygen atoms in total. The second-order valence-corrected chi connectivity index (χ2v) is 8.56. The van der Waals surface area contributed by atoms with Gasteiger partial charge in [0.05, 0.1) is 10.0 Å². The quantitative estimate of drug-likeness (QED) is 0.338. The number of anilines is 1. The predicted molar refractivity (Wildman–Crippen MR) is 132 cm³/mol. The van der Waals surface area contributed by atoms with E-state index < -0.39 is 12.0 Å². The number of halogens is 3. The lowest BCUT2D eigenvalue weighted by Crippen LogP contribution is -2.32. The summed E-state index contributed by atoms with van der Waals surface area (Å²) in [6, 6.07) is 13.0. The number of nitrogens with one attached hydrogen (secondary N) is 1. The van der Waals surface area contributed by atoms with E-state index in [1.165, 1.54) is 19.1 Å². The first-order chi connectivity index (χ1) is 16.6. The number of aliphatic carboxylic acids is 1. The Kier molecular flexibility index (Phi) is 8.92. The summed E-state index contributed by atoms with van der Waals surface area (Å²) in [7, 11) is 0. The first-order valence-corrected chi connectivity index (χ1v) is 11.2. The van der Waals surface area contributed by atoms with Gasteiger partial charge >= 0.3 is 5.97 Å². The number of carbonyl (C=O) groups excluding carboxylic acids is 1. The van der Waals surface area contributed by atoms with E-state index in [0.717, 1.165) is 5.56 Å². The third-order valence-corrected chi connectivity index (χ3v) is 5.45. The third-order valence-electron chi connectivity index (χ3n) is 4.89. The molecule has 184 valence electrons. The van der Waals surface area contributed by atoms with Gasteiger partial charge in [0.25, 0.3) is 0 Å². The Labute approximate surface area is 211 Å². The smallest absolute Gasteiger partial charge is 0.320 e. The lowest BCUT2D eigenvalue weighted by molar-refractivity contribution is -0.138. The maximum absolute atomic E-state index is 13.2. The third kappa shape index (κ3) is 7.58. The van der Waals surface area contributed by atoms with E-state index in [9.17, 15) is 14.0 Å². The zero-order chi connectivity index (χ0) is 25.5. The van der Waals surface area contributed by atoms with E-state index in [1.54, 1.807) is 42.5 Å². The van der Waals surface area contributed by atoms with Gasteiger partial charge in [-0.2, -0.15) is 0 Å². The summed E-state index contributed by atoms with van der Waals surface area (Å²) in [6.45, 7) is 1.58. The first kappa shape index (κ1) is 26.3. The largest absolute Gasteiger partial charge is 0.488 e. The van der Waals surface area contributed by atoms with Crippen LogP contribution in [0.15, 0.2) is 54.6 Å². The number of hydrogen-bond acceptors (Lipinski definition) is 5. The topological polar surface area (TPSA) is 111 Å². The van der Waals surface area contributed by atoms with Gasteiger partial charge in [0.15, 0.2) is 5.75 Å². The summed E-state index contributed by atoms with van der Waals surface area (Å²) in [4.78, 5) is 22.5. The summed E-state index contributed by atoms with van der Waals surface area (Å²) in [5, 5.41) is 12.1. The second kappa shape index (κ2) is 11.9. The molecule has 0 aliphatic heterocycles. The SMILES string of the molecule is CC(=O)Nc1ccc(OCc2ccc(F)cc2)c(COc2c(Cl)cc(C[C@H](N)C(=O)O)cc2Cl)c1. The molecule has 0 saturated heterocycles. The molecule has 3 aromatic carbocycles. The van der Waals surface area contributed by atoms with Gasteiger partial charge in [-0.1, -0.05) is 35.3 Å². The molecule has 0 unspecified atom stereocenters. The number of carbonyl (C=O) groups is 2. The molecular formula is C25H23Cl2FN2O5. The molecule has 1 atom stereocenters. The number of amides is 1. The normalized spacial score (nSPS) is 11.6. The van der Waals surface area contributed by atoms with Crippen molar-refractivity contribution in [1.29, 1.82) is 0 Å². The van der Waals surface area contributed by atoms with Gasteiger partial charge < -0.3 is 25.6 Å². The highest BCUT2D eigenvalue weighted by Crippen LogP contribution is 2.36. The Bertz CT molecular complexity index is 1200. The zero-order valence-corrected chi connectivity index (χ0v) is 20.2. The standard InChI is InChI=1S/C25H23Cl2FN2O5/c1-14(31)30-19-6-7-23(34-12-15-2-4-18(28)5-3-15)17(11-19)13-35-24-20(26)8-16(9-21(24)27)10-22(29)25(32)33/h2-9,11,22H,10,12-13,29H2,1H3,(H,30,31)(H,32,33)/t22-/m0/s1. The zero-order valence-electron chi connectivity index (χ0n) is 18.7. The fourth-order valence-electron chi connectivity index (χ4n) is 3.22. The van der Waals surface area contributed by atoms with Gasteiger partial charge in [0.2, 0.25) is 5.91 Å². The summed E-state index contributed by atoms with van der Waals surface area (Å²) in [5.41, 5.74) is 8.05. The number of nitrogens with two attached hydrogens (primary N) is 1. The lowest BCUT2D eigenvalue weighted by Gasteiger charge is -2.16. The Morgan fingerprint density at radius 3 is 2.26 bits per heavy atom. The number of rotatable bonds is 10. The highest BCUT2D eigenvalue weighted by atomic mass is 35.5. The summed E-state index contributed by atoms with van der Waals surface area (Å²) < 4.78 is 24.9. The Morgan fingerprint density at radius 2 is 1.66 bits per heavy atom. The van der Waals surface area contributed by atoms with Crippen LogP contribution in [-0.4, -0.2) is 23.0 Å². The summed E-state index contributed by atoms with van der Waals surface area (Å²) in [5.74, 6) is -1.02. The molecule has 1 amide bonds. The van der Waals surface area contributed by atoms with Crippen molar-refractivity contribution in [1.82, 2.24) is 0 Å². The molecule has 0 heterocycles. The van der Waals surface area contributed by atoms with Crippen LogP contribution < -0.4 is 20.5 Å². The van der Waals surface area contributed by atoms with Crippen LogP contribution in [-0.2, 0) is 29.2 Å². The fourth-order valence-corrected chi connectivity index (χ4v) is 3.86. The van der Waals surface area contributed by atoms with Crippen molar-refractivity contribution in [2.45, 2.75) is 32.6 Å². The molecule has 0 saturated carbocycles. The molecule has 0 aliphatic rings. The molecule has 35 heavy (non-hydrogen) atoms. The molecule has 10 heteroatoms. The highest BCUT2D eigenvalue weighted by molar-refractivity contribution is 6.37. The average Bonchev–Trinajstić information content (AvgIpc) is 2.78. The highest BCUT2D eigenvalue weighted by Gasteiger charge is 2.17. The van der Waals surface area contributed by atoms with Gasteiger partial charge in [-0.05, 0) is 60.0 Å². The molecule has 3 rings (SSSR count). The van der Waals surface area contributed by atoms with Crippen LogP contribution in [0, 0.1) is 5.82 Å². The van der Waals surface area contributed by atoms with Crippen molar-refractivity contribution < 1.29 is 28.6 Å². The molecule has 0 bridgehead atoms. The minimum atomic E-state index is -1.13. The van der Waals surface area contributed by atoms with Crippen molar-refractivity contribution in [3.05, 3.63) is 87.2 Å². The van der Waals surface area contributed by atoms with E-state index in [-0.39, 0.29) is 47.2 Å². The van der Waals surface area contributed by atoms with E-state index in [2.05, 4.69) is 5.32 Å². The van der Waals surface area contributed by atoms with Gasteiger partial charge in [-0.25, -0.2) is 4.39 Å². The van der Waals surface area contributed by atoms with Crippen molar-refractivity contribution >= 4 is 40.8 Å². The molecule has 0 aliphatic carbocycles. The number of benzene rings is 3.